The summed E-state index contributed by atoms with van der Waals surface area (Å²) in [5.74, 6) is 0.736. The van der Waals surface area contributed by atoms with Gasteiger partial charge >= 0.3 is 0 Å². The molecule has 0 amide bonds. The largest absolute Gasteiger partial charge is 0.376 e. The molecule has 3 heterocycles. The summed E-state index contributed by atoms with van der Waals surface area (Å²) in [5, 5.41) is 0. The smallest absolute Gasteiger partial charge is 0.208 e. The minimum Gasteiger partial charge on any atom is -0.376 e. The highest BCUT2D eigenvalue weighted by Crippen LogP contribution is 2.34. The van der Waals surface area contributed by atoms with Gasteiger partial charge in [0.15, 0.2) is 0 Å². The maximum atomic E-state index is 11.2. The Kier molecular flexibility index (Phi) is 4.38. The van der Waals surface area contributed by atoms with Crippen LogP contribution in [0.15, 0.2) is 12.1 Å². The van der Waals surface area contributed by atoms with E-state index in [0.717, 1.165) is 19.6 Å². The number of likely N-dealkylation sites (tertiary alicyclic amines) is 1. The summed E-state index contributed by atoms with van der Waals surface area (Å²) in [6, 6.07) is 4.35. The number of nitrogens with zero attached hydrogens (tertiary/aromatic N) is 1. The molecule has 1 aromatic rings. The number of sulfonamides is 1. The molecule has 2 aliphatic rings. The van der Waals surface area contributed by atoms with Crippen LogP contribution >= 0.6 is 11.3 Å². The minimum atomic E-state index is -3.12. The number of nitrogens with one attached hydrogen (secondary N) is 1. The monoisotopic (exact) mass is 330 g/mol. The Morgan fingerprint density at radius 3 is 2.90 bits per heavy atom. The van der Waals surface area contributed by atoms with Crippen molar-refractivity contribution in [3.05, 3.63) is 21.9 Å². The number of aryl methyl sites for hydroxylation is 1. The van der Waals surface area contributed by atoms with Crippen LogP contribution in [0.5, 0.6) is 0 Å². The lowest BCUT2D eigenvalue weighted by Gasteiger charge is -2.19. The molecular weight excluding hydrogens is 308 g/mol. The van der Waals surface area contributed by atoms with E-state index in [2.05, 4.69) is 28.7 Å². The summed E-state index contributed by atoms with van der Waals surface area (Å²) < 4.78 is 30.9. The fourth-order valence-corrected chi connectivity index (χ4v) is 4.72. The van der Waals surface area contributed by atoms with Crippen molar-refractivity contribution < 1.29 is 13.2 Å². The number of ether oxygens (including phenoxy) is 1. The Morgan fingerprint density at radius 1 is 1.43 bits per heavy atom. The summed E-state index contributed by atoms with van der Waals surface area (Å²) in [6.45, 7) is 6.22. The van der Waals surface area contributed by atoms with Crippen molar-refractivity contribution in [1.82, 2.24) is 9.62 Å². The first kappa shape index (κ1) is 15.4. The van der Waals surface area contributed by atoms with Gasteiger partial charge in [0, 0.05) is 47.8 Å². The van der Waals surface area contributed by atoms with E-state index >= 15 is 0 Å². The van der Waals surface area contributed by atoms with E-state index in [0.29, 0.717) is 25.0 Å². The number of fused-ring (bicyclic) bond motifs is 1. The average Bonchev–Trinajstić information content (AvgIpc) is 3.03. The summed E-state index contributed by atoms with van der Waals surface area (Å²) >= 11 is 1.84. The van der Waals surface area contributed by atoms with Gasteiger partial charge in [-0.2, -0.15) is 0 Å². The predicted molar refractivity (Wildman–Crippen MR) is 83.9 cm³/mol. The van der Waals surface area contributed by atoms with E-state index in [4.69, 9.17) is 4.74 Å². The Bertz CT molecular complexity index is 599. The standard InChI is InChI=1S/C14H22N2O3S2/c1-10-3-4-12(20-10)6-16-7-13-11(5-15-21(2,17)18)9-19-14(13)8-16/h3-4,11,13-15H,5-9H2,1-2H3/t11-,13-,14-/m0/s1. The van der Waals surface area contributed by atoms with Gasteiger partial charge in [0.1, 0.15) is 0 Å². The van der Waals surface area contributed by atoms with E-state index in [1.807, 2.05) is 11.3 Å². The molecule has 7 heteroatoms. The van der Waals surface area contributed by atoms with Gasteiger partial charge in [0.05, 0.1) is 19.0 Å². The van der Waals surface area contributed by atoms with E-state index < -0.39 is 10.0 Å². The molecule has 2 fully saturated rings. The van der Waals surface area contributed by atoms with Crippen LogP contribution in [0.3, 0.4) is 0 Å². The number of hydrogen-bond acceptors (Lipinski definition) is 5. The van der Waals surface area contributed by atoms with Gasteiger partial charge in [-0.1, -0.05) is 0 Å². The Labute approximate surface area is 130 Å². The quantitative estimate of drug-likeness (QED) is 0.877. The molecule has 0 aliphatic carbocycles. The molecule has 0 radical (unpaired) electrons. The number of hydrogen-bond donors (Lipinski definition) is 1. The van der Waals surface area contributed by atoms with E-state index in [-0.39, 0.29) is 6.10 Å². The summed E-state index contributed by atoms with van der Waals surface area (Å²) in [5.41, 5.74) is 0. The molecule has 1 aromatic heterocycles. The third kappa shape index (κ3) is 3.84. The molecular formula is C14H22N2O3S2. The number of rotatable bonds is 5. The molecule has 0 aromatic carbocycles. The highest BCUT2D eigenvalue weighted by Gasteiger charge is 2.43. The lowest BCUT2D eigenvalue weighted by atomic mass is 9.93. The third-order valence-corrected chi connectivity index (χ3v) is 5.97. The zero-order valence-electron chi connectivity index (χ0n) is 12.4. The van der Waals surface area contributed by atoms with Gasteiger partial charge in [-0.15, -0.1) is 11.3 Å². The molecule has 1 N–H and O–H groups in total. The Hall–Kier alpha value is -0.470. The van der Waals surface area contributed by atoms with Crippen molar-refractivity contribution in [2.24, 2.45) is 11.8 Å². The second kappa shape index (κ2) is 5.96. The van der Waals surface area contributed by atoms with Crippen LogP contribution in [0, 0.1) is 18.8 Å². The van der Waals surface area contributed by atoms with E-state index in [9.17, 15) is 8.42 Å². The zero-order valence-corrected chi connectivity index (χ0v) is 14.0. The first-order valence-corrected chi connectivity index (χ1v) is 9.95. The highest BCUT2D eigenvalue weighted by atomic mass is 32.2. The molecule has 0 spiro atoms. The summed E-state index contributed by atoms with van der Waals surface area (Å²) in [4.78, 5) is 5.15. The van der Waals surface area contributed by atoms with Crippen molar-refractivity contribution in [3.63, 3.8) is 0 Å². The fourth-order valence-electron chi connectivity index (χ4n) is 3.27. The van der Waals surface area contributed by atoms with Crippen LogP contribution in [0.2, 0.25) is 0 Å². The molecule has 118 valence electrons. The Morgan fingerprint density at radius 2 is 2.24 bits per heavy atom. The fraction of sp³-hybridized carbons (Fsp3) is 0.714. The first-order chi connectivity index (χ1) is 9.90. The van der Waals surface area contributed by atoms with Crippen LogP contribution in [-0.4, -0.2) is 51.9 Å². The second-order valence-electron chi connectivity index (χ2n) is 6.12. The lowest BCUT2D eigenvalue weighted by molar-refractivity contribution is 0.0944. The molecule has 3 rings (SSSR count). The van der Waals surface area contributed by atoms with Gasteiger partial charge in [0.25, 0.3) is 0 Å². The molecule has 0 saturated carbocycles. The normalized spacial score (nSPS) is 29.9. The topological polar surface area (TPSA) is 58.6 Å². The first-order valence-electron chi connectivity index (χ1n) is 7.24. The molecule has 0 unspecified atom stereocenters. The highest BCUT2D eigenvalue weighted by molar-refractivity contribution is 7.88. The minimum absolute atomic E-state index is 0.261. The van der Waals surface area contributed by atoms with Crippen molar-refractivity contribution in [2.45, 2.75) is 19.6 Å². The van der Waals surface area contributed by atoms with Crippen molar-refractivity contribution in [1.29, 1.82) is 0 Å². The van der Waals surface area contributed by atoms with Crippen LogP contribution in [-0.2, 0) is 21.3 Å². The van der Waals surface area contributed by atoms with Crippen molar-refractivity contribution in [2.75, 3.05) is 32.5 Å². The SMILES string of the molecule is Cc1ccc(CN2C[C@H]3[C@@H](CNS(C)(=O)=O)CO[C@H]3C2)s1. The van der Waals surface area contributed by atoms with Crippen molar-refractivity contribution >= 4 is 21.4 Å². The van der Waals surface area contributed by atoms with E-state index in [1.54, 1.807) is 0 Å². The molecule has 3 atom stereocenters. The van der Waals surface area contributed by atoms with Gasteiger partial charge in [-0.3, -0.25) is 4.90 Å². The second-order valence-corrected chi connectivity index (χ2v) is 9.33. The summed E-state index contributed by atoms with van der Waals surface area (Å²) in [7, 11) is -3.12. The summed E-state index contributed by atoms with van der Waals surface area (Å²) in [6.07, 6.45) is 1.47. The lowest BCUT2D eigenvalue weighted by Crippen LogP contribution is -2.33. The van der Waals surface area contributed by atoms with Gasteiger partial charge in [-0.05, 0) is 19.1 Å². The molecule has 5 nitrogen and oxygen atoms in total. The van der Waals surface area contributed by atoms with Gasteiger partial charge in [0.2, 0.25) is 10.0 Å². The maximum absolute atomic E-state index is 11.2. The average molecular weight is 330 g/mol. The van der Waals surface area contributed by atoms with E-state index in [1.165, 1.54) is 16.0 Å². The maximum Gasteiger partial charge on any atom is 0.208 e. The number of thiophene rings is 1. The molecule has 0 bridgehead atoms. The van der Waals surface area contributed by atoms with Crippen molar-refractivity contribution in [3.8, 4) is 0 Å². The molecule has 2 aliphatic heterocycles. The molecule has 21 heavy (non-hydrogen) atoms. The van der Waals surface area contributed by atoms with Crippen LogP contribution in [0.1, 0.15) is 9.75 Å². The van der Waals surface area contributed by atoms with Gasteiger partial charge < -0.3 is 4.74 Å². The van der Waals surface area contributed by atoms with Crippen LogP contribution < -0.4 is 4.72 Å². The zero-order chi connectivity index (χ0) is 15.0. The molecule has 2 saturated heterocycles. The Balaban J connectivity index is 1.55. The predicted octanol–water partition coefficient (Wildman–Crippen LogP) is 1.05. The van der Waals surface area contributed by atoms with Crippen LogP contribution in [0.4, 0.5) is 0 Å². The van der Waals surface area contributed by atoms with Crippen LogP contribution in [0.25, 0.3) is 0 Å². The third-order valence-electron chi connectivity index (χ3n) is 4.30. The van der Waals surface area contributed by atoms with Gasteiger partial charge in [-0.25, -0.2) is 13.1 Å².